The van der Waals surface area contributed by atoms with Crippen LogP contribution in [0.3, 0.4) is 0 Å². The standard InChI is InChI=1S/C18H25NOS/c1-18(2,3)19-13-15-6-8-16(9-7-15)14-20-11-10-17-5-4-12-21-17/h4-9,12,19H,10-11,13-14H2,1-3H3. The molecule has 0 radical (unpaired) electrons. The van der Waals surface area contributed by atoms with E-state index in [1.165, 1.54) is 16.0 Å². The fourth-order valence-electron chi connectivity index (χ4n) is 1.94. The molecule has 1 N–H and O–H groups in total. The normalized spacial score (nSPS) is 11.8. The van der Waals surface area contributed by atoms with Gasteiger partial charge in [-0.3, -0.25) is 0 Å². The third-order valence-corrected chi connectivity index (χ3v) is 4.12. The first kappa shape index (κ1) is 16.2. The van der Waals surface area contributed by atoms with Gasteiger partial charge in [0.1, 0.15) is 0 Å². The van der Waals surface area contributed by atoms with Crippen LogP contribution in [0.25, 0.3) is 0 Å². The monoisotopic (exact) mass is 303 g/mol. The van der Waals surface area contributed by atoms with Crippen molar-refractivity contribution >= 4 is 11.3 Å². The number of thiophene rings is 1. The van der Waals surface area contributed by atoms with Crippen LogP contribution in [0, 0.1) is 0 Å². The van der Waals surface area contributed by atoms with E-state index >= 15 is 0 Å². The highest BCUT2D eigenvalue weighted by molar-refractivity contribution is 7.09. The number of rotatable bonds is 7. The molecule has 21 heavy (non-hydrogen) atoms. The SMILES string of the molecule is CC(C)(C)NCc1ccc(COCCc2cccs2)cc1. The Kier molecular flexibility index (Phi) is 5.97. The summed E-state index contributed by atoms with van der Waals surface area (Å²) in [5.74, 6) is 0. The molecule has 0 aliphatic rings. The first-order chi connectivity index (χ1) is 10.0. The van der Waals surface area contributed by atoms with E-state index in [0.29, 0.717) is 6.61 Å². The summed E-state index contributed by atoms with van der Waals surface area (Å²) in [6.07, 6.45) is 1.01. The quantitative estimate of drug-likeness (QED) is 0.766. The Morgan fingerprint density at radius 2 is 1.76 bits per heavy atom. The zero-order valence-corrected chi connectivity index (χ0v) is 14.0. The minimum absolute atomic E-state index is 0.156. The highest BCUT2D eigenvalue weighted by atomic mass is 32.1. The fourth-order valence-corrected chi connectivity index (χ4v) is 2.63. The Hall–Kier alpha value is -1.16. The van der Waals surface area contributed by atoms with Crippen molar-refractivity contribution in [1.29, 1.82) is 0 Å². The zero-order valence-electron chi connectivity index (χ0n) is 13.2. The number of nitrogens with one attached hydrogen (secondary N) is 1. The van der Waals surface area contributed by atoms with Gasteiger partial charge in [0.05, 0.1) is 13.2 Å². The molecule has 0 saturated carbocycles. The number of benzene rings is 1. The number of hydrogen-bond acceptors (Lipinski definition) is 3. The second kappa shape index (κ2) is 7.74. The highest BCUT2D eigenvalue weighted by Gasteiger charge is 2.08. The van der Waals surface area contributed by atoms with E-state index in [-0.39, 0.29) is 5.54 Å². The van der Waals surface area contributed by atoms with Gasteiger partial charge in [0.25, 0.3) is 0 Å². The maximum absolute atomic E-state index is 5.74. The second-order valence-electron chi connectivity index (χ2n) is 6.30. The van der Waals surface area contributed by atoms with Crippen molar-refractivity contribution in [2.24, 2.45) is 0 Å². The topological polar surface area (TPSA) is 21.3 Å². The summed E-state index contributed by atoms with van der Waals surface area (Å²) in [4.78, 5) is 1.39. The van der Waals surface area contributed by atoms with E-state index in [1.807, 2.05) is 0 Å². The summed E-state index contributed by atoms with van der Waals surface area (Å²) in [6, 6.07) is 12.9. The molecular formula is C18H25NOS. The molecule has 0 aliphatic carbocycles. The van der Waals surface area contributed by atoms with Crippen molar-refractivity contribution in [3.63, 3.8) is 0 Å². The molecule has 0 atom stereocenters. The van der Waals surface area contributed by atoms with E-state index in [1.54, 1.807) is 11.3 Å². The second-order valence-corrected chi connectivity index (χ2v) is 7.33. The van der Waals surface area contributed by atoms with Crippen molar-refractivity contribution in [2.75, 3.05) is 6.61 Å². The van der Waals surface area contributed by atoms with Gasteiger partial charge in [-0.15, -0.1) is 11.3 Å². The number of ether oxygens (including phenoxy) is 1. The van der Waals surface area contributed by atoms with E-state index in [0.717, 1.165) is 19.6 Å². The van der Waals surface area contributed by atoms with E-state index in [4.69, 9.17) is 4.74 Å². The van der Waals surface area contributed by atoms with Crippen LogP contribution >= 0.6 is 11.3 Å². The highest BCUT2D eigenvalue weighted by Crippen LogP contribution is 2.11. The van der Waals surface area contributed by atoms with E-state index < -0.39 is 0 Å². The minimum atomic E-state index is 0.156. The smallest absolute Gasteiger partial charge is 0.0717 e. The third kappa shape index (κ3) is 6.42. The molecule has 1 aromatic carbocycles. The third-order valence-electron chi connectivity index (χ3n) is 3.19. The molecule has 3 heteroatoms. The van der Waals surface area contributed by atoms with Crippen LogP contribution in [-0.2, 0) is 24.3 Å². The van der Waals surface area contributed by atoms with Gasteiger partial charge in [-0.1, -0.05) is 30.3 Å². The summed E-state index contributed by atoms with van der Waals surface area (Å²) in [6.45, 7) is 8.93. The lowest BCUT2D eigenvalue weighted by molar-refractivity contribution is 0.124. The Balaban J connectivity index is 1.69. The van der Waals surface area contributed by atoms with E-state index in [2.05, 4.69) is 67.9 Å². The summed E-state index contributed by atoms with van der Waals surface area (Å²) in [5.41, 5.74) is 2.71. The molecule has 1 heterocycles. The predicted molar refractivity (Wildman–Crippen MR) is 90.7 cm³/mol. The Bertz CT molecular complexity index is 511. The maximum atomic E-state index is 5.74. The average Bonchev–Trinajstić information content (AvgIpc) is 2.95. The van der Waals surface area contributed by atoms with Crippen LogP contribution < -0.4 is 5.32 Å². The molecule has 0 unspecified atom stereocenters. The molecule has 2 nitrogen and oxygen atoms in total. The van der Waals surface area contributed by atoms with Crippen LogP contribution in [-0.4, -0.2) is 12.1 Å². The molecule has 0 saturated heterocycles. The predicted octanol–water partition coefficient (Wildman–Crippen LogP) is 4.40. The van der Waals surface area contributed by atoms with Gasteiger partial charge < -0.3 is 10.1 Å². The van der Waals surface area contributed by atoms with Crippen molar-refractivity contribution in [2.45, 2.75) is 45.9 Å². The van der Waals surface area contributed by atoms with E-state index in [9.17, 15) is 0 Å². The molecular weight excluding hydrogens is 278 g/mol. The van der Waals surface area contributed by atoms with Crippen LogP contribution in [0.5, 0.6) is 0 Å². The summed E-state index contributed by atoms with van der Waals surface area (Å²) < 4.78 is 5.74. The minimum Gasteiger partial charge on any atom is -0.376 e. The molecule has 1 aromatic heterocycles. The van der Waals surface area contributed by atoms with Gasteiger partial charge >= 0.3 is 0 Å². The van der Waals surface area contributed by atoms with Crippen LogP contribution in [0.4, 0.5) is 0 Å². The first-order valence-electron chi connectivity index (χ1n) is 7.46. The molecule has 2 rings (SSSR count). The summed E-state index contributed by atoms with van der Waals surface area (Å²) >= 11 is 1.79. The van der Waals surface area contributed by atoms with Gasteiger partial charge in [-0.05, 0) is 43.3 Å². The lowest BCUT2D eigenvalue weighted by Gasteiger charge is -2.20. The maximum Gasteiger partial charge on any atom is 0.0717 e. The molecule has 114 valence electrons. The molecule has 0 amide bonds. The van der Waals surface area contributed by atoms with Crippen LogP contribution in [0.15, 0.2) is 41.8 Å². The number of hydrogen-bond donors (Lipinski definition) is 1. The Labute approximate surface area is 132 Å². The van der Waals surface area contributed by atoms with Crippen LogP contribution in [0.1, 0.15) is 36.8 Å². The van der Waals surface area contributed by atoms with Gasteiger partial charge in [0.2, 0.25) is 0 Å². The summed E-state index contributed by atoms with van der Waals surface area (Å²) in [7, 11) is 0. The molecule has 0 fully saturated rings. The molecule has 2 aromatic rings. The fraction of sp³-hybridized carbons (Fsp3) is 0.444. The van der Waals surface area contributed by atoms with Crippen LogP contribution in [0.2, 0.25) is 0 Å². The van der Waals surface area contributed by atoms with Gasteiger partial charge in [-0.25, -0.2) is 0 Å². The molecule has 0 spiro atoms. The molecule has 0 bridgehead atoms. The Morgan fingerprint density at radius 1 is 1.05 bits per heavy atom. The van der Waals surface area contributed by atoms with Crippen molar-refractivity contribution < 1.29 is 4.74 Å². The lowest BCUT2D eigenvalue weighted by atomic mass is 10.1. The summed E-state index contributed by atoms with van der Waals surface area (Å²) in [5, 5.41) is 5.61. The van der Waals surface area contributed by atoms with Crippen molar-refractivity contribution in [1.82, 2.24) is 5.32 Å². The zero-order chi connectivity index (χ0) is 15.1. The van der Waals surface area contributed by atoms with Gasteiger partial charge in [0.15, 0.2) is 0 Å². The average molecular weight is 303 g/mol. The Morgan fingerprint density at radius 3 is 2.38 bits per heavy atom. The largest absolute Gasteiger partial charge is 0.376 e. The lowest BCUT2D eigenvalue weighted by Crippen LogP contribution is -2.35. The molecule has 0 aliphatic heterocycles. The van der Waals surface area contributed by atoms with Crippen molar-refractivity contribution in [3.05, 3.63) is 57.8 Å². The van der Waals surface area contributed by atoms with Gasteiger partial charge in [0, 0.05) is 23.4 Å². The van der Waals surface area contributed by atoms with Crippen molar-refractivity contribution in [3.8, 4) is 0 Å². The first-order valence-corrected chi connectivity index (χ1v) is 8.34. The van der Waals surface area contributed by atoms with Gasteiger partial charge in [-0.2, -0.15) is 0 Å².